The van der Waals surface area contributed by atoms with Gasteiger partial charge in [-0.1, -0.05) is 16.8 Å². The predicted octanol–water partition coefficient (Wildman–Crippen LogP) is 2.48. The standard InChI is InChI=1S/C17H20ClN3O4S/c1-12-16(13(2)25-19-12)26(23,24)21-9-3-8-20(10-11-21)17(22)14-4-6-15(18)7-5-14/h4-7H,3,8-11H2,1-2H3. The minimum Gasteiger partial charge on any atom is -0.360 e. The van der Waals surface area contributed by atoms with Gasteiger partial charge < -0.3 is 9.42 Å². The molecule has 7 nitrogen and oxygen atoms in total. The molecule has 1 aromatic carbocycles. The van der Waals surface area contributed by atoms with Crippen molar-refractivity contribution in [3.8, 4) is 0 Å². The van der Waals surface area contributed by atoms with Crippen molar-refractivity contribution in [2.75, 3.05) is 26.2 Å². The molecule has 140 valence electrons. The molecule has 1 aliphatic heterocycles. The number of aromatic nitrogens is 1. The van der Waals surface area contributed by atoms with E-state index >= 15 is 0 Å². The topological polar surface area (TPSA) is 83.7 Å². The summed E-state index contributed by atoms with van der Waals surface area (Å²) < 4.78 is 32.3. The molecular formula is C17H20ClN3O4S. The molecule has 26 heavy (non-hydrogen) atoms. The van der Waals surface area contributed by atoms with Gasteiger partial charge in [-0.25, -0.2) is 8.42 Å². The summed E-state index contributed by atoms with van der Waals surface area (Å²) in [6.07, 6.45) is 0.557. The first-order valence-electron chi connectivity index (χ1n) is 8.28. The molecule has 1 aromatic heterocycles. The number of rotatable bonds is 3. The monoisotopic (exact) mass is 397 g/mol. The van der Waals surface area contributed by atoms with E-state index in [0.29, 0.717) is 42.3 Å². The zero-order valence-corrected chi connectivity index (χ0v) is 16.2. The molecule has 1 aliphatic rings. The van der Waals surface area contributed by atoms with Crippen molar-refractivity contribution >= 4 is 27.5 Å². The molecule has 3 rings (SSSR count). The van der Waals surface area contributed by atoms with Gasteiger partial charge >= 0.3 is 0 Å². The fourth-order valence-electron chi connectivity index (χ4n) is 3.08. The van der Waals surface area contributed by atoms with E-state index < -0.39 is 10.0 Å². The highest BCUT2D eigenvalue weighted by atomic mass is 35.5. The molecule has 0 aliphatic carbocycles. The van der Waals surface area contributed by atoms with Crippen LogP contribution in [0.1, 0.15) is 28.2 Å². The summed E-state index contributed by atoms with van der Waals surface area (Å²) in [7, 11) is -3.70. The average molecular weight is 398 g/mol. The van der Waals surface area contributed by atoms with E-state index in [4.69, 9.17) is 16.1 Å². The number of carbonyl (C=O) groups is 1. The Balaban J connectivity index is 1.76. The largest absolute Gasteiger partial charge is 0.360 e. The number of sulfonamides is 1. The molecule has 2 heterocycles. The van der Waals surface area contributed by atoms with Gasteiger partial charge in [0.1, 0.15) is 10.6 Å². The fourth-order valence-corrected chi connectivity index (χ4v) is 4.97. The molecule has 0 unspecified atom stereocenters. The molecule has 0 spiro atoms. The van der Waals surface area contributed by atoms with E-state index in [1.54, 1.807) is 43.0 Å². The van der Waals surface area contributed by atoms with Crippen LogP contribution in [-0.2, 0) is 10.0 Å². The van der Waals surface area contributed by atoms with Crippen LogP contribution in [0, 0.1) is 13.8 Å². The van der Waals surface area contributed by atoms with Crippen LogP contribution < -0.4 is 0 Å². The summed E-state index contributed by atoms with van der Waals surface area (Å²) in [5, 5.41) is 4.30. The maximum atomic E-state index is 12.9. The highest BCUT2D eigenvalue weighted by Crippen LogP contribution is 2.24. The second-order valence-corrected chi connectivity index (χ2v) is 8.52. The first kappa shape index (κ1) is 18.9. The number of carbonyl (C=O) groups excluding carboxylic acids is 1. The third-order valence-electron chi connectivity index (χ3n) is 4.40. The van der Waals surface area contributed by atoms with Crippen LogP contribution >= 0.6 is 11.6 Å². The normalized spacial score (nSPS) is 16.5. The lowest BCUT2D eigenvalue weighted by Crippen LogP contribution is -2.37. The van der Waals surface area contributed by atoms with Gasteiger partial charge in [0.15, 0.2) is 5.76 Å². The summed E-state index contributed by atoms with van der Waals surface area (Å²) in [5.41, 5.74) is 0.886. The number of hydrogen-bond acceptors (Lipinski definition) is 5. The quantitative estimate of drug-likeness (QED) is 0.794. The van der Waals surface area contributed by atoms with Crippen molar-refractivity contribution in [2.45, 2.75) is 25.2 Å². The van der Waals surface area contributed by atoms with Crippen molar-refractivity contribution in [1.82, 2.24) is 14.4 Å². The maximum absolute atomic E-state index is 12.9. The lowest BCUT2D eigenvalue weighted by atomic mass is 10.2. The SMILES string of the molecule is Cc1noc(C)c1S(=O)(=O)N1CCCN(C(=O)c2ccc(Cl)cc2)CC1. The van der Waals surface area contributed by atoms with E-state index in [0.717, 1.165) is 0 Å². The van der Waals surface area contributed by atoms with Crippen molar-refractivity contribution < 1.29 is 17.7 Å². The van der Waals surface area contributed by atoms with E-state index in [1.165, 1.54) is 4.31 Å². The van der Waals surface area contributed by atoms with E-state index in [9.17, 15) is 13.2 Å². The summed E-state index contributed by atoms with van der Waals surface area (Å²) in [6, 6.07) is 6.68. The lowest BCUT2D eigenvalue weighted by Gasteiger charge is -2.22. The van der Waals surface area contributed by atoms with E-state index in [1.807, 2.05) is 0 Å². The summed E-state index contributed by atoms with van der Waals surface area (Å²) in [4.78, 5) is 14.4. The first-order valence-corrected chi connectivity index (χ1v) is 10.1. The van der Waals surface area contributed by atoms with Crippen LogP contribution in [0.25, 0.3) is 0 Å². The molecule has 1 amide bonds. The second-order valence-electron chi connectivity index (χ2n) is 6.21. The van der Waals surface area contributed by atoms with Crippen LogP contribution in [0.15, 0.2) is 33.7 Å². The molecular weight excluding hydrogens is 378 g/mol. The van der Waals surface area contributed by atoms with Gasteiger partial charge in [0.2, 0.25) is 10.0 Å². The van der Waals surface area contributed by atoms with Crippen LogP contribution in [0.3, 0.4) is 0 Å². The smallest absolute Gasteiger partial charge is 0.253 e. The average Bonchev–Trinajstić information content (AvgIpc) is 2.81. The van der Waals surface area contributed by atoms with Crippen LogP contribution in [0.2, 0.25) is 5.02 Å². The molecule has 0 atom stereocenters. The van der Waals surface area contributed by atoms with Crippen molar-refractivity contribution in [1.29, 1.82) is 0 Å². The van der Waals surface area contributed by atoms with Crippen molar-refractivity contribution in [3.63, 3.8) is 0 Å². The van der Waals surface area contributed by atoms with Crippen LogP contribution in [0.5, 0.6) is 0 Å². The maximum Gasteiger partial charge on any atom is 0.253 e. The number of hydrogen-bond donors (Lipinski definition) is 0. The molecule has 9 heteroatoms. The van der Waals surface area contributed by atoms with Gasteiger partial charge in [0.05, 0.1) is 0 Å². The fraction of sp³-hybridized carbons (Fsp3) is 0.412. The van der Waals surface area contributed by atoms with Gasteiger partial charge in [-0.3, -0.25) is 4.79 Å². The Labute approximate surface area is 157 Å². The number of halogens is 1. The van der Waals surface area contributed by atoms with Gasteiger partial charge in [-0.2, -0.15) is 4.31 Å². The summed E-state index contributed by atoms with van der Waals surface area (Å²) in [6.45, 7) is 4.58. The van der Waals surface area contributed by atoms with Gasteiger partial charge in [-0.05, 0) is 44.5 Å². The molecule has 1 saturated heterocycles. The summed E-state index contributed by atoms with van der Waals surface area (Å²) >= 11 is 5.86. The number of aryl methyl sites for hydroxylation is 2. The number of benzene rings is 1. The molecule has 0 bridgehead atoms. The van der Waals surface area contributed by atoms with Crippen molar-refractivity contribution in [2.24, 2.45) is 0 Å². The van der Waals surface area contributed by atoms with Crippen molar-refractivity contribution in [3.05, 3.63) is 46.3 Å². The van der Waals surface area contributed by atoms with Gasteiger partial charge in [0.25, 0.3) is 5.91 Å². The molecule has 0 radical (unpaired) electrons. The number of nitrogens with zero attached hydrogens (tertiary/aromatic N) is 3. The predicted molar refractivity (Wildman–Crippen MR) is 96.7 cm³/mol. The highest BCUT2D eigenvalue weighted by Gasteiger charge is 2.33. The molecule has 0 saturated carbocycles. The Bertz CT molecular complexity index is 889. The minimum absolute atomic E-state index is 0.120. The first-order chi connectivity index (χ1) is 12.3. The Hall–Kier alpha value is -1.90. The molecule has 2 aromatic rings. The Morgan fingerprint density at radius 1 is 1.12 bits per heavy atom. The number of amides is 1. The summed E-state index contributed by atoms with van der Waals surface area (Å²) in [5.74, 6) is 0.152. The third-order valence-corrected chi connectivity index (χ3v) is 6.79. The third kappa shape index (κ3) is 3.62. The van der Waals surface area contributed by atoms with Crippen LogP contribution in [0.4, 0.5) is 0 Å². The minimum atomic E-state index is -3.70. The zero-order chi connectivity index (χ0) is 18.9. The van der Waals surface area contributed by atoms with E-state index in [-0.39, 0.29) is 23.1 Å². The Morgan fingerprint density at radius 2 is 1.81 bits per heavy atom. The van der Waals surface area contributed by atoms with Crippen LogP contribution in [-0.4, -0.2) is 54.9 Å². The van der Waals surface area contributed by atoms with Gasteiger partial charge in [0, 0.05) is 36.8 Å². The molecule has 0 N–H and O–H groups in total. The van der Waals surface area contributed by atoms with Gasteiger partial charge in [-0.15, -0.1) is 0 Å². The molecule has 1 fully saturated rings. The Kier molecular flexibility index (Phi) is 5.36. The second kappa shape index (κ2) is 7.38. The van der Waals surface area contributed by atoms with E-state index in [2.05, 4.69) is 5.16 Å². The zero-order valence-electron chi connectivity index (χ0n) is 14.6. The lowest BCUT2D eigenvalue weighted by molar-refractivity contribution is 0.0764. The Morgan fingerprint density at radius 3 is 2.42 bits per heavy atom. The highest BCUT2D eigenvalue weighted by molar-refractivity contribution is 7.89.